The van der Waals surface area contributed by atoms with E-state index in [0.717, 1.165) is 34.5 Å². The molecule has 0 aliphatic heterocycles. The molecule has 2 heterocycles. The normalized spacial score (nSPS) is 11.1. The Morgan fingerprint density at radius 2 is 2.25 bits per heavy atom. The number of halogens is 1. The van der Waals surface area contributed by atoms with Crippen LogP contribution < -0.4 is 5.73 Å². The van der Waals surface area contributed by atoms with Crippen LogP contribution in [-0.2, 0) is 6.42 Å². The molecule has 3 nitrogen and oxygen atoms in total. The molecule has 0 spiro atoms. The van der Waals surface area contributed by atoms with Gasteiger partial charge in [0.15, 0.2) is 5.65 Å². The second kappa shape index (κ2) is 4.87. The lowest BCUT2D eigenvalue weighted by molar-refractivity contribution is 0.711. The van der Waals surface area contributed by atoms with Crippen LogP contribution in [0.4, 0.5) is 5.82 Å². The van der Waals surface area contributed by atoms with Gasteiger partial charge in [-0.1, -0.05) is 19.8 Å². The van der Waals surface area contributed by atoms with Gasteiger partial charge in [-0.25, -0.2) is 4.98 Å². The largest absolute Gasteiger partial charge is 0.383 e. The molecule has 2 aromatic heterocycles. The standard InChI is InChI=1S/C12H16BrN3/c1-2-3-4-7-10-11(14)16-8-5-6-9(13)12(16)15-10/h5-6,8H,2-4,7,14H2,1H3. The fourth-order valence-corrected chi connectivity index (χ4v) is 2.26. The van der Waals surface area contributed by atoms with Gasteiger partial charge in [-0.05, 0) is 40.9 Å². The van der Waals surface area contributed by atoms with E-state index >= 15 is 0 Å². The molecule has 86 valence electrons. The quantitative estimate of drug-likeness (QED) is 0.873. The van der Waals surface area contributed by atoms with Crippen LogP contribution >= 0.6 is 15.9 Å². The van der Waals surface area contributed by atoms with Crippen molar-refractivity contribution in [2.24, 2.45) is 0 Å². The highest BCUT2D eigenvalue weighted by Gasteiger charge is 2.10. The van der Waals surface area contributed by atoms with Crippen molar-refractivity contribution in [1.29, 1.82) is 0 Å². The molecule has 0 aliphatic carbocycles. The minimum absolute atomic E-state index is 0.771. The van der Waals surface area contributed by atoms with Gasteiger partial charge in [0, 0.05) is 6.20 Å². The molecule has 0 unspecified atom stereocenters. The van der Waals surface area contributed by atoms with Gasteiger partial charge in [0.05, 0.1) is 10.2 Å². The first-order valence-corrected chi connectivity index (χ1v) is 6.44. The number of fused-ring (bicyclic) bond motifs is 1. The van der Waals surface area contributed by atoms with Gasteiger partial charge in [0.2, 0.25) is 0 Å². The molecule has 0 fully saturated rings. The fraction of sp³-hybridized carbons (Fsp3) is 0.417. The van der Waals surface area contributed by atoms with Crippen LogP contribution in [0.3, 0.4) is 0 Å². The predicted molar refractivity (Wildman–Crippen MR) is 70.5 cm³/mol. The summed E-state index contributed by atoms with van der Waals surface area (Å²) in [5.41, 5.74) is 7.99. The summed E-state index contributed by atoms with van der Waals surface area (Å²) in [5.74, 6) is 0.771. The van der Waals surface area contributed by atoms with Crippen molar-refractivity contribution in [3.8, 4) is 0 Å². The number of nitrogens with two attached hydrogens (primary N) is 1. The molecular weight excluding hydrogens is 266 g/mol. The van der Waals surface area contributed by atoms with Crippen molar-refractivity contribution >= 4 is 27.4 Å². The molecule has 0 amide bonds. The summed E-state index contributed by atoms with van der Waals surface area (Å²) in [6.45, 7) is 2.20. The Balaban J connectivity index is 2.33. The average Bonchev–Trinajstić information content (AvgIpc) is 2.59. The molecular formula is C12H16BrN3. The van der Waals surface area contributed by atoms with Gasteiger partial charge >= 0.3 is 0 Å². The molecule has 0 aromatic carbocycles. The maximum atomic E-state index is 6.07. The summed E-state index contributed by atoms with van der Waals surface area (Å²) in [5, 5.41) is 0. The van der Waals surface area contributed by atoms with Gasteiger partial charge in [0.25, 0.3) is 0 Å². The smallest absolute Gasteiger partial charge is 0.153 e. The molecule has 0 radical (unpaired) electrons. The molecule has 0 saturated heterocycles. The molecule has 0 saturated carbocycles. The van der Waals surface area contributed by atoms with E-state index in [-0.39, 0.29) is 0 Å². The van der Waals surface area contributed by atoms with E-state index in [4.69, 9.17) is 5.73 Å². The van der Waals surface area contributed by atoms with Gasteiger partial charge in [-0.3, -0.25) is 4.40 Å². The van der Waals surface area contributed by atoms with E-state index in [1.807, 2.05) is 22.7 Å². The van der Waals surface area contributed by atoms with E-state index in [9.17, 15) is 0 Å². The number of hydrogen-bond donors (Lipinski definition) is 1. The molecule has 0 aliphatic rings. The lowest BCUT2D eigenvalue weighted by atomic mass is 10.1. The Morgan fingerprint density at radius 3 is 2.94 bits per heavy atom. The van der Waals surface area contributed by atoms with E-state index in [1.54, 1.807) is 0 Å². The van der Waals surface area contributed by atoms with Crippen molar-refractivity contribution in [2.45, 2.75) is 32.6 Å². The topological polar surface area (TPSA) is 43.3 Å². The van der Waals surface area contributed by atoms with E-state index in [0.29, 0.717) is 0 Å². The molecule has 0 atom stereocenters. The molecule has 2 N–H and O–H groups in total. The molecule has 0 bridgehead atoms. The van der Waals surface area contributed by atoms with Crippen LogP contribution in [0.1, 0.15) is 31.9 Å². The first-order valence-electron chi connectivity index (χ1n) is 5.65. The van der Waals surface area contributed by atoms with Crippen molar-refractivity contribution in [3.63, 3.8) is 0 Å². The maximum absolute atomic E-state index is 6.07. The Labute approximate surface area is 104 Å². The summed E-state index contributed by atoms with van der Waals surface area (Å²) >= 11 is 3.49. The van der Waals surface area contributed by atoms with Crippen molar-refractivity contribution in [3.05, 3.63) is 28.5 Å². The number of unbranched alkanes of at least 4 members (excludes halogenated alkanes) is 2. The number of nitrogen functional groups attached to an aromatic ring is 1. The molecule has 16 heavy (non-hydrogen) atoms. The second-order valence-corrected chi connectivity index (χ2v) is 4.80. The van der Waals surface area contributed by atoms with Crippen molar-refractivity contribution in [2.75, 3.05) is 5.73 Å². The van der Waals surface area contributed by atoms with Gasteiger partial charge in [-0.2, -0.15) is 0 Å². The monoisotopic (exact) mass is 281 g/mol. The number of hydrogen-bond acceptors (Lipinski definition) is 2. The lowest BCUT2D eigenvalue weighted by Crippen LogP contribution is -1.96. The Morgan fingerprint density at radius 1 is 1.44 bits per heavy atom. The van der Waals surface area contributed by atoms with Crippen LogP contribution in [0.2, 0.25) is 0 Å². The predicted octanol–water partition coefficient (Wildman–Crippen LogP) is 3.41. The zero-order valence-electron chi connectivity index (χ0n) is 9.41. The number of aryl methyl sites for hydroxylation is 1. The number of aromatic nitrogens is 2. The third kappa shape index (κ3) is 2.07. The number of pyridine rings is 1. The molecule has 2 aromatic rings. The third-order valence-corrected chi connectivity index (χ3v) is 3.35. The number of rotatable bonds is 4. The Kier molecular flexibility index (Phi) is 3.49. The van der Waals surface area contributed by atoms with E-state index < -0.39 is 0 Å². The number of imidazole rings is 1. The van der Waals surface area contributed by atoms with Gasteiger partial charge < -0.3 is 5.73 Å². The Bertz CT molecular complexity index is 490. The summed E-state index contributed by atoms with van der Waals surface area (Å²) in [6.07, 6.45) is 6.52. The number of anilines is 1. The highest BCUT2D eigenvalue weighted by molar-refractivity contribution is 9.10. The van der Waals surface area contributed by atoms with Crippen LogP contribution in [0, 0.1) is 0 Å². The SMILES string of the molecule is CCCCCc1nc2c(Br)cccn2c1N. The lowest BCUT2D eigenvalue weighted by Gasteiger charge is -1.98. The van der Waals surface area contributed by atoms with Crippen LogP contribution in [-0.4, -0.2) is 9.38 Å². The summed E-state index contributed by atoms with van der Waals surface area (Å²) < 4.78 is 2.93. The van der Waals surface area contributed by atoms with Crippen molar-refractivity contribution < 1.29 is 0 Å². The van der Waals surface area contributed by atoms with Gasteiger partial charge in [0.1, 0.15) is 5.82 Å². The molecule has 2 rings (SSSR count). The first-order chi connectivity index (χ1) is 7.74. The zero-order chi connectivity index (χ0) is 11.5. The summed E-state index contributed by atoms with van der Waals surface area (Å²) in [6, 6.07) is 3.95. The summed E-state index contributed by atoms with van der Waals surface area (Å²) in [4.78, 5) is 4.57. The minimum atomic E-state index is 0.771. The molecule has 4 heteroatoms. The fourth-order valence-electron chi connectivity index (χ4n) is 1.83. The van der Waals surface area contributed by atoms with E-state index in [2.05, 4.69) is 27.8 Å². The van der Waals surface area contributed by atoms with Crippen LogP contribution in [0.25, 0.3) is 5.65 Å². The zero-order valence-corrected chi connectivity index (χ0v) is 11.0. The Hall–Kier alpha value is -1.03. The highest BCUT2D eigenvalue weighted by Crippen LogP contribution is 2.23. The maximum Gasteiger partial charge on any atom is 0.153 e. The number of nitrogens with zero attached hydrogens (tertiary/aromatic N) is 2. The van der Waals surface area contributed by atoms with E-state index in [1.165, 1.54) is 12.8 Å². The first kappa shape index (κ1) is 11.5. The highest BCUT2D eigenvalue weighted by atomic mass is 79.9. The van der Waals surface area contributed by atoms with Gasteiger partial charge in [-0.15, -0.1) is 0 Å². The van der Waals surface area contributed by atoms with Crippen molar-refractivity contribution in [1.82, 2.24) is 9.38 Å². The van der Waals surface area contributed by atoms with Crippen LogP contribution in [0.5, 0.6) is 0 Å². The van der Waals surface area contributed by atoms with Crippen LogP contribution in [0.15, 0.2) is 22.8 Å². The summed E-state index contributed by atoms with van der Waals surface area (Å²) in [7, 11) is 0. The minimum Gasteiger partial charge on any atom is -0.383 e. The average molecular weight is 282 g/mol. The second-order valence-electron chi connectivity index (χ2n) is 3.95. The third-order valence-electron chi connectivity index (χ3n) is 2.73.